The third-order valence-electron chi connectivity index (χ3n) is 15.6. The Hall–Kier alpha value is -7.00. The molecule has 4 aliphatic carbocycles. The van der Waals surface area contributed by atoms with Gasteiger partial charge in [-0.3, -0.25) is 0 Å². The van der Waals surface area contributed by atoms with Gasteiger partial charge in [-0.25, -0.2) is 15.0 Å². The van der Waals surface area contributed by atoms with Gasteiger partial charge >= 0.3 is 0 Å². The van der Waals surface area contributed by atoms with Crippen LogP contribution in [0.5, 0.6) is 0 Å². The Morgan fingerprint density at radius 3 is 0.926 bits per heavy atom. The van der Waals surface area contributed by atoms with E-state index in [4.69, 9.17) is 15.0 Å². The molecule has 0 saturated heterocycles. The van der Waals surface area contributed by atoms with E-state index < -0.39 is 7.14 Å². The van der Waals surface area contributed by atoms with E-state index in [1.165, 1.54) is 65.5 Å². The Bertz CT molecular complexity index is 3240. The Balaban J connectivity index is 0.901. The standard InChI is InChI=1S/C63H54N3OP/c1-68(2,67)59-35-29-51(30-36-59)50-25-31-55(32-26-50)63(57-38-42-37-43(40-57)41-58(63)39-42)56-33-27-54(28-34-56)62-65-60(52-21-17-47(18-22-52)45-11-7-4-8-12-45)64-61(66-62)53-23-19-49(20-24-53)48-15-13-46(14-16-48)44-9-5-3-6-10-44/h3-36,42-43,57-58H,37-41H2,1-2H3. The predicted molar refractivity (Wildman–Crippen MR) is 281 cm³/mol. The van der Waals surface area contributed by atoms with Crippen molar-refractivity contribution in [1.82, 2.24) is 15.0 Å². The van der Waals surface area contributed by atoms with E-state index in [-0.39, 0.29) is 5.41 Å². The highest BCUT2D eigenvalue weighted by atomic mass is 31.2. The molecular formula is C63H54N3OP. The van der Waals surface area contributed by atoms with E-state index >= 15 is 0 Å². The highest BCUT2D eigenvalue weighted by Gasteiger charge is 2.58. The monoisotopic (exact) mass is 899 g/mol. The van der Waals surface area contributed by atoms with Crippen LogP contribution in [-0.4, -0.2) is 28.3 Å². The van der Waals surface area contributed by atoms with Crippen molar-refractivity contribution < 1.29 is 4.57 Å². The number of rotatable bonds is 10. The Morgan fingerprint density at radius 2 is 0.603 bits per heavy atom. The SMILES string of the molecule is CP(C)(=O)c1ccc(-c2ccc(C3(c4ccc(-c5nc(-c6ccc(-c7ccccc7)cc6)nc(-c6ccc(-c7ccc(-c8ccccc8)cc7)cc6)n5)cc4)C4CC5CC(C4)CC3C5)cc2)cc1. The Labute approximate surface area is 400 Å². The molecule has 68 heavy (non-hydrogen) atoms. The minimum absolute atomic E-state index is 0.0507. The van der Waals surface area contributed by atoms with Crippen molar-refractivity contribution in [2.24, 2.45) is 23.7 Å². The van der Waals surface area contributed by atoms with Crippen molar-refractivity contribution in [1.29, 1.82) is 0 Å². The fraction of sp³-hybridized carbons (Fsp3) is 0.190. The number of hydrogen-bond donors (Lipinski definition) is 0. The van der Waals surface area contributed by atoms with Crippen LogP contribution in [0.1, 0.15) is 43.2 Å². The first kappa shape index (κ1) is 42.4. The van der Waals surface area contributed by atoms with Gasteiger partial charge in [0.25, 0.3) is 0 Å². The maximum atomic E-state index is 12.8. The van der Waals surface area contributed by atoms with Crippen molar-refractivity contribution in [2.45, 2.75) is 37.5 Å². The van der Waals surface area contributed by atoms with Gasteiger partial charge in [0.1, 0.15) is 7.14 Å². The van der Waals surface area contributed by atoms with Crippen molar-refractivity contribution in [2.75, 3.05) is 13.3 Å². The summed E-state index contributed by atoms with van der Waals surface area (Å²) in [7, 11) is -2.31. The van der Waals surface area contributed by atoms with Crippen LogP contribution < -0.4 is 5.30 Å². The molecule has 1 heterocycles. The molecule has 332 valence electrons. The molecule has 0 N–H and O–H groups in total. The van der Waals surface area contributed by atoms with Gasteiger partial charge < -0.3 is 4.57 Å². The summed E-state index contributed by atoms with van der Waals surface area (Å²) in [5.41, 5.74) is 15.1. The Kier molecular flexibility index (Phi) is 10.8. The van der Waals surface area contributed by atoms with Crippen molar-refractivity contribution in [3.8, 4) is 78.7 Å². The van der Waals surface area contributed by atoms with Crippen molar-refractivity contribution in [3.63, 3.8) is 0 Å². The van der Waals surface area contributed by atoms with E-state index in [0.717, 1.165) is 56.1 Å². The lowest BCUT2D eigenvalue weighted by molar-refractivity contribution is -0.0418. The normalized spacial score (nSPS) is 20.6. The second-order valence-corrected chi connectivity index (χ2v) is 23.2. The molecule has 0 amide bonds. The van der Waals surface area contributed by atoms with Gasteiger partial charge in [0.05, 0.1) is 0 Å². The highest BCUT2D eigenvalue weighted by molar-refractivity contribution is 7.70. The van der Waals surface area contributed by atoms with Gasteiger partial charge in [0, 0.05) is 27.4 Å². The summed E-state index contributed by atoms with van der Waals surface area (Å²) in [6.07, 6.45) is 6.60. The molecule has 0 unspecified atom stereocenters. The lowest BCUT2D eigenvalue weighted by Crippen LogP contribution is -2.56. The summed E-state index contributed by atoms with van der Waals surface area (Å²) in [5.74, 6) is 4.87. The quantitative estimate of drug-likeness (QED) is 0.128. The number of benzene rings is 8. The minimum Gasteiger partial charge on any atom is -0.319 e. The molecule has 4 fully saturated rings. The zero-order valence-electron chi connectivity index (χ0n) is 38.7. The maximum absolute atomic E-state index is 12.8. The average molecular weight is 900 g/mol. The number of nitrogens with zero attached hydrogens (tertiary/aromatic N) is 3. The maximum Gasteiger partial charge on any atom is 0.164 e. The van der Waals surface area contributed by atoms with Crippen molar-refractivity contribution in [3.05, 3.63) is 217 Å². The lowest BCUT2D eigenvalue weighted by atomic mass is 9.42. The van der Waals surface area contributed by atoms with Gasteiger partial charge in [-0.2, -0.15) is 0 Å². The van der Waals surface area contributed by atoms with Gasteiger partial charge in [-0.05, 0) is 125 Å². The smallest absolute Gasteiger partial charge is 0.164 e. The minimum atomic E-state index is -2.31. The molecule has 13 rings (SSSR count). The van der Waals surface area contributed by atoms with Crippen LogP contribution in [0.25, 0.3) is 78.7 Å². The zero-order valence-corrected chi connectivity index (χ0v) is 39.6. The van der Waals surface area contributed by atoms with E-state index in [0.29, 0.717) is 29.3 Å². The molecule has 9 aromatic rings. The Morgan fingerprint density at radius 1 is 0.338 bits per heavy atom. The summed E-state index contributed by atoms with van der Waals surface area (Å²) in [6.45, 7) is 3.68. The average Bonchev–Trinajstić information content (AvgIpc) is 3.39. The fourth-order valence-corrected chi connectivity index (χ4v) is 13.3. The highest BCUT2D eigenvalue weighted by Crippen LogP contribution is 2.65. The van der Waals surface area contributed by atoms with Gasteiger partial charge in [-0.15, -0.1) is 0 Å². The van der Waals surface area contributed by atoms with Crippen LogP contribution in [0.2, 0.25) is 0 Å². The van der Waals surface area contributed by atoms with Crippen LogP contribution in [0, 0.1) is 23.7 Å². The van der Waals surface area contributed by atoms with Crippen molar-refractivity contribution >= 4 is 12.4 Å². The van der Waals surface area contributed by atoms with Gasteiger partial charge in [0.2, 0.25) is 0 Å². The first-order valence-electron chi connectivity index (χ1n) is 24.3. The van der Waals surface area contributed by atoms with E-state index in [2.05, 4.69) is 188 Å². The first-order valence-corrected chi connectivity index (χ1v) is 26.9. The summed E-state index contributed by atoms with van der Waals surface area (Å²) in [5, 5.41) is 0.923. The predicted octanol–water partition coefficient (Wildman–Crippen LogP) is 15.5. The molecule has 0 aliphatic heterocycles. The number of hydrogen-bond acceptors (Lipinski definition) is 4. The molecule has 0 atom stereocenters. The van der Waals surface area contributed by atoms with Crippen LogP contribution in [-0.2, 0) is 9.98 Å². The molecule has 4 bridgehead atoms. The topological polar surface area (TPSA) is 55.7 Å². The van der Waals surface area contributed by atoms with Crippen LogP contribution >= 0.6 is 7.14 Å². The summed E-state index contributed by atoms with van der Waals surface area (Å²) in [6, 6.07) is 74.1. The number of aromatic nitrogens is 3. The van der Waals surface area contributed by atoms with E-state index in [9.17, 15) is 4.57 Å². The van der Waals surface area contributed by atoms with Crippen LogP contribution in [0.3, 0.4) is 0 Å². The summed E-state index contributed by atoms with van der Waals surface area (Å²) in [4.78, 5) is 15.6. The molecule has 4 nitrogen and oxygen atoms in total. The molecule has 0 radical (unpaired) electrons. The second kappa shape index (κ2) is 17.3. The van der Waals surface area contributed by atoms with E-state index in [1.807, 2.05) is 31.5 Å². The third kappa shape index (κ3) is 7.85. The van der Waals surface area contributed by atoms with Crippen LogP contribution in [0.15, 0.2) is 206 Å². The molecule has 0 spiro atoms. The van der Waals surface area contributed by atoms with Crippen LogP contribution in [0.4, 0.5) is 0 Å². The lowest BCUT2D eigenvalue weighted by Gasteiger charge is -2.62. The first-order chi connectivity index (χ1) is 33.2. The summed E-state index contributed by atoms with van der Waals surface area (Å²) < 4.78 is 12.8. The van der Waals surface area contributed by atoms with Gasteiger partial charge in [0.15, 0.2) is 17.5 Å². The molecule has 1 aromatic heterocycles. The van der Waals surface area contributed by atoms with E-state index in [1.54, 1.807) is 0 Å². The second-order valence-electron chi connectivity index (χ2n) is 20.0. The largest absolute Gasteiger partial charge is 0.319 e. The molecule has 4 saturated carbocycles. The molecule has 8 aromatic carbocycles. The fourth-order valence-electron chi connectivity index (χ4n) is 12.4. The molecule has 4 aliphatic rings. The third-order valence-corrected chi connectivity index (χ3v) is 17.1. The van der Waals surface area contributed by atoms with Gasteiger partial charge in [-0.1, -0.05) is 206 Å². The molecule has 5 heteroatoms. The summed E-state index contributed by atoms with van der Waals surface area (Å²) >= 11 is 0. The molecular weight excluding hydrogens is 846 g/mol. The zero-order chi connectivity index (χ0) is 45.8.